The van der Waals surface area contributed by atoms with Crippen molar-refractivity contribution in [2.75, 3.05) is 53.0 Å². The first-order valence-electron chi connectivity index (χ1n) is 5.90. The molecule has 5 heteroatoms. The highest BCUT2D eigenvalue weighted by atomic mass is 16.5. The van der Waals surface area contributed by atoms with Gasteiger partial charge in [-0.05, 0) is 6.42 Å². The number of hydrogen-bond acceptors (Lipinski definition) is 5. The molecule has 0 amide bonds. The van der Waals surface area contributed by atoms with E-state index in [1.54, 1.807) is 0 Å². The van der Waals surface area contributed by atoms with Crippen LogP contribution in [0.5, 0.6) is 0 Å². The first-order valence-corrected chi connectivity index (χ1v) is 5.90. The average molecular weight is 230 g/mol. The lowest BCUT2D eigenvalue weighted by molar-refractivity contribution is -0.141. The van der Waals surface area contributed by atoms with E-state index in [2.05, 4.69) is 15.0 Å². The van der Waals surface area contributed by atoms with E-state index >= 15 is 0 Å². The fourth-order valence-corrected chi connectivity index (χ4v) is 1.65. The van der Waals surface area contributed by atoms with Gasteiger partial charge in [0.25, 0.3) is 0 Å². The van der Waals surface area contributed by atoms with Crippen LogP contribution < -0.4 is 5.32 Å². The summed E-state index contributed by atoms with van der Waals surface area (Å²) in [6, 6.07) is 0. The Morgan fingerprint density at radius 1 is 1.31 bits per heavy atom. The van der Waals surface area contributed by atoms with Gasteiger partial charge >= 0.3 is 5.97 Å². The standard InChI is InChI=1S/C11H22N2O3/c1-15-11(14)3-2-9-16-10-8-13-6-4-12-5-7-13/h12H,2-10H2,1H3. The van der Waals surface area contributed by atoms with Gasteiger partial charge in [0, 0.05) is 45.8 Å². The van der Waals surface area contributed by atoms with Crippen molar-refractivity contribution in [1.82, 2.24) is 10.2 Å². The zero-order chi connectivity index (χ0) is 11.6. The van der Waals surface area contributed by atoms with Crippen molar-refractivity contribution in [3.8, 4) is 0 Å². The minimum Gasteiger partial charge on any atom is -0.469 e. The molecule has 0 aromatic carbocycles. The number of hydrogen-bond donors (Lipinski definition) is 1. The maximum Gasteiger partial charge on any atom is 0.305 e. The Hall–Kier alpha value is -0.650. The molecule has 0 bridgehead atoms. The summed E-state index contributed by atoms with van der Waals surface area (Å²) in [4.78, 5) is 13.2. The van der Waals surface area contributed by atoms with Crippen molar-refractivity contribution >= 4 is 5.97 Å². The number of nitrogens with zero attached hydrogens (tertiary/aromatic N) is 1. The zero-order valence-corrected chi connectivity index (χ0v) is 10.0. The third-order valence-electron chi connectivity index (χ3n) is 2.66. The molecule has 16 heavy (non-hydrogen) atoms. The van der Waals surface area contributed by atoms with E-state index in [-0.39, 0.29) is 5.97 Å². The molecule has 1 aliphatic heterocycles. The molecular weight excluding hydrogens is 208 g/mol. The first-order chi connectivity index (χ1) is 7.83. The average Bonchev–Trinajstić information content (AvgIpc) is 2.34. The molecule has 5 nitrogen and oxygen atoms in total. The molecule has 0 atom stereocenters. The summed E-state index contributed by atoms with van der Waals surface area (Å²) in [5, 5.41) is 3.31. The number of nitrogens with one attached hydrogen (secondary N) is 1. The summed E-state index contributed by atoms with van der Waals surface area (Å²) in [6.07, 6.45) is 1.19. The predicted molar refractivity (Wildman–Crippen MR) is 61.4 cm³/mol. The largest absolute Gasteiger partial charge is 0.469 e. The Bertz CT molecular complexity index is 194. The van der Waals surface area contributed by atoms with Gasteiger partial charge in [-0.1, -0.05) is 0 Å². The van der Waals surface area contributed by atoms with Gasteiger partial charge in [-0.15, -0.1) is 0 Å². The molecule has 1 rings (SSSR count). The minimum atomic E-state index is -0.161. The van der Waals surface area contributed by atoms with E-state index in [4.69, 9.17) is 4.74 Å². The Morgan fingerprint density at radius 2 is 2.06 bits per heavy atom. The third kappa shape index (κ3) is 6.05. The minimum absolute atomic E-state index is 0.161. The van der Waals surface area contributed by atoms with E-state index < -0.39 is 0 Å². The molecule has 1 N–H and O–H groups in total. The molecule has 94 valence electrons. The predicted octanol–water partition coefficient (Wildman–Crippen LogP) is -0.139. The van der Waals surface area contributed by atoms with Crippen LogP contribution >= 0.6 is 0 Å². The number of methoxy groups -OCH3 is 1. The Labute approximate surface area is 97.1 Å². The molecule has 1 aliphatic rings. The third-order valence-corrected chi connectivity index (χ3v) is 2.66. The second-order valence-electron chi connectivity index (χ2n) is 3.88. The lowest BCUT2D eigenvalue weighted by atomic mass is 10.3. The van der Waals surface area contributed by atoms with E-state index in [9.17, 15) is 4.79 Å². The number of rotatable bonds is 7. The van der Waals surface area contributed by atoms with Gasteiger partial charge in [0.2, 0.25) is 0 Å². The van der Waals surface area contributed by atoms with Crippen LogP contribution in [0.1, 0.15) is 12.8 Å². The normalized spacial score (nSPS) is 17.3. The molecular formula is C11H22N2O3. The number of ether oxygens (including phenoxy) is 2. The molecule has 0 spiro atoms. The fraction of sp³-hybridized carbons (Fsp3) is 0.909. The molecule has 1 heterocycles. The lowest BCUT2D eigenvalue weighted by Crippen LogP contribution is -2.44. The second-order valence-corrected chi connectivity index (χ2v) is 3.88. The van der Waals surface area contributed by atoms with Crippen molar-refractivity contribution < 1.29 is 14.3 Å². The van der Waals surface area contributed by atoms with Gasteiger partial charge < -0.3 is 14.8 Å². The number of esters is 1. The van der Waals surface area contributed by atoms with Crippen LogP contribution in [0.2, 0.25) is 0 Å². The number of carbonyl (C=O) groups is 1. The maximum absolute atomic E-state index is 10.8. The first kappa shape index (κ1) is 13.4. The van der Waals surface area contributed by atoms with Crippen LogP contribution in [0, 0.1) is 0 Å². The summed E-state index contributed by atoms with van der Waals surface area (Å²) in [5.74, 6) is -0.161. The van der Waals surface area contributed by atoms with Crippen LogP contribution in [-0.2, 0) is 14.3 Å². The summed E-state index contributed by atoms with van der Waals surface area (Å²) >= 11 is 0. The van der Waals surface area contributed by atoms with Crippen LogP contribution in [0.4, 0.5) is 0 Å². The van der Waals surface area contributed by atoms with Gasteiger partial charge in [-0.3, -0.25) is 9.69 Å². The second kappa shape index (κ2) is 8.50. The lowest BCUT2D eigenvalue weighted by Gasteiger charge is -2.26. The van der Waals surface area contributed by atoms with Gasteiger partial charge in [0.1, 0.15) is 0 Å². The maximum atomic E-state index is 10.8. The Kier molecular flexibility index (Phi) is 7.12. The molecule has 1 fully saturated rings. The van der Waals surface area contributed by atoms with Crippen molar-refractivity contribution in [3.05, 3.63) is 0 Å². The zero-order valence-electron chi connectivity index (χ0n) is 10.0. The van der Waals surface area contributed by atoms with Crippen molar-refractivity contribution in [1.29, 1.82) is 0 Å². The van der Waals surface area contributed by atoms with Gasteiger partial charge in [-0.25, -0.2) is 0 Å². The molecule has 0 radical (unpaired) electrons. The quantitative estimate of drug-likeness (QED) is 0.487. The van der Waals surface area contributed by atoms with Crippen molar-refractivity contribution in [2.24, 2.45) is 0 Å². The topological polar surface area (TPSA) is 50.8 Å². The molecule has 0 aromatic rings. The molecule has 0 aliphatic carbocycles. The highest BCUT2D eigenvalue weighted by Crippen LogP contribution is 1.95. The SMILES string of the molecule is COC(=O)CCCOCCN1CCNCC1. The van der Waals surface area contributed by atoms with Crippen LogP contribution in [0.25, 0.3) is 0 Å². The fourth-order valence-electron chi connectivity index (χ4n) is 1.65. The van der Waals surface area contributed by atoms with Gasteiger partial charge in [-0.2, -0.15) is 0 Å². The van der Waals surface area contributed by atoms with E-state index in [0.29, 0.717) is 13.0 Å². The summed E-state index contributed by atoms with van der Waals surface area (Å²) < 4.78 is 10.0. The van der Waals surface area contributed by atoms with Gasteiger partial charge in [0.05, 0.1) is 13.7 Å². The number of piperazine rings is 1. The van der Waals surface area contributed by atoms with Crippen LogP contribution in [0.15, 0.2) is 0 Å². The highest BCUT2D eigenvalue weighted by molar-refractivity contribution is 5.68. The van der Waals surface area contributed by atoms with E-state index in [0.717, 1.165) is 45.8 Å². The highest BCUT2D eigenvalue weighted by Gasteiger charge is 2.08. The van der Waals surface area contributed by atoms with E-state index in [1.807, 2.05) is 0 Å². The molecule has 0 saturated carbocycles. The molecule has 0 unspecified atom stereocenters. The van der Waals surface area contributed by atoms with Crippen LogP contribution in [0.3, 0.4) is 0 Å². The van der Waals surface area contributed by atoms with Crippen LogP contribution in [-0.4, -0.2) is 63.9 Å². The molecule has 0 aromatic heterocycles. The summed E-state index contributed by atoms with van der Waals surface area (Å²) in [7, 11) is 1.41. The molecule has 1 saturated heterocycles. The Balaban J connectivity index is 1.85. The summed E-state index contributed by atoms with van der Waals surface area (Å²) in [5.41, 5.74) is 0. The van der Waals surface area contributed by atoms with Crippen molar-refractivity contribution in [2.45, 2.75) is 12.8 Å². The van der Waals surface area contributed by atoms with Crippen molar-refractivity contribution in [3.63, 3.8) is 0 Å². The van der Waals surface area contributed by atoms with E-state index in [1.165, 1.54) is 7.11 Å². The smallest absolute Gasteiger partial charge is 0.305 e. The Morgan fingerprint density at radius 3 is 2.75 bits per heavy atom. The monoisotopic (exact) mass is 230 g/mol. The number of carbonyl (C=O) groups excluding carboxylic acids is 1. The van der Waals surface area contributed by atoms with Gasteiger partial charge in [0.15, 0.2) is 0 Å². The summed E-state index contributed by atoms with van der Waals surface area (Å²) in [6.45, 7) is 6.73.